The van der Waals surface area contributed by atoms with E-state index in [0.29, 0.717) is 6.42 Å². The number of carbonyl (C=O) groups excluding carboxylic acids is 1. The van der Waals surface area contributed by atoms with Gasteiger partial charge in [0.2, 0.25) is 0 Å². The summed E-state index contributed by atoms with van der Waals surface area (Å²) < 4.78 is 0. The minimum atomic E-state index is -1.02. The standard InChI is InChI=1S/C14H18O2/c1-14(16,11-7-3-2-4-8-11)12-9-5-6-10-13(12)15/h2-4,7-8,12,16H,5-6,9-10H2,1H3/t12-,14+/m1/s1. The Hall–Kier alpha value is -1.15. The fourth-order valence-electron chi connectivity index (χ4n) is 2.55. The van der Waals surface area contributed by atoms with E-state index in [1.54, 1.807) is 6.92 Å². The summed E-state index contributed by atoms with van der Waals surface area (Å²) >= 11 is 0. The Morgan fingerprint density at radius 3 is 2.56 bits per heavy atom. The molecule has 0 spiro atoms. The van der Waals surface area contributed by atoms with Crippen LogP contribution in [-0.4, -0.2) is 10.9 Å². The maximum atomic E-state index is 11.9. The van der Waals surface area contributed by atoms with Gasteiger partial charge < -0.3 is 5.11 Å². The van der Waals surface area contributed by atoms with E-state index in [1.807, 2.05) is 30.3 Å². The van der Waals surface area contributed by atoms with E-state index in [2.05, 4.69) is 0 Å². The van der Waals surface area contributed by atoms with Crippen LogP contribution in [0, 0.1) is 5.92 Å². The zero-order valence-corrected chi connectivity index (χ0v) is 9.65. The number of aliphatic hydroxyl groups is 1. The maximum absolute atomic E-state index is 11.9. The molecule has 1 saturated carbocycles. The van der Waals surface area contributed by atoms with Crippen LogP contribution in [0.25, 0.3) is 0 Å². The Bertz CT molecular complexity index is 368. The van der Waals surface area contributed by atoms with Crippen LogP contribution in [0.3, 0.4) is 0 Å². The van der Waals surface area contributed by atoms with E-state index in [-0.39, 0.29) is 11.7 Å². The van der Waals surface area contributed by atoms with Crippen molar-refractivity contribution in [1.82, 2.24) is 0 Å². The van der Waals surface area contributed by atoms with Crippen molar-refractivity contribution < 1.29 is 9.90 Å². The molecule has 1 aliphatic carbocycles. The molecule has 1 aromatic rings. The van der Waals surface area contributed by atoms with Crippen LogP contribution in [-0.2, 0) is 10.4 Å². The van der Waals surface area contributed by atoms with Crippen molar-refractivity contribution in [2.45, 2.75) is 38.2 Å². The number of carbonyl (C=O) groups is 1. The summed E-state index contributed by atoms with van der Waals surface area (Å²) in [5.41, 5.74) is -0.172. The molecule has 1 N–H and O–H groups in total. The largest absolute Gasteiger partial charge is 0.385 e. The van der Waals surface area contributed by atoms with Gasteiger partial charge in [0.15, 0.2) is 0 Å². The SMILES string of the molecule is C[C@](O)(c1ccccc1)[C@@H]1CCCCC1=O. The fourth-order valence-corrected chi connectivity index (χ4v) is 2.55. The predicted molar refractivity (Wildman–Crippen MR) is 63.0 cm³/mol. The van der Waals surface area contributed by atoms with Crippen molar-refractivity contribution >= 4 is 5.78 Å². The summed E-state index contributed by atoms with van der Waals surface area (Å²) in [6.07, 6.45) is 3.44. The van der Waals surface area contributed by atoms with Gasteiger partial charge >= 0.3 is 0 Å². The van der Waals surface area contributed by atoms with Gasteiger partial charge in [0, 0.05) is 6.42 Å². The number of rotatable bonds is 2. The smallest absolute Gasteiger partial charge is 0.139 e. The quantitative estimate of drug-likeness (QED) is 0.828. The first kappa shape index (κ1) is 11.3. The molecule has 0 heterocycles. The van der Waals surface area contributed by atoms with Gasteiger partial charge in [-0.1, -0.05) is 36.8 Å². The minimum absolute atomic E-state index is 0.208. The van der Waals surface area contributed by atoms with E-state index < -0.39 is 5.60 Å². The summed E-state index contributed by atoms with van der Waals surface area (Å²) in [6, 6.07) is 9.50. The van der Waals surface area contributed by atoms with E-state index in [4.69, 9.17) is 0 Å². The lowest BCUT2D eigenvalue weighted by Gasteiger charge is -2.34. The highest BCUT2D eigenvalue weighted by atomic mass is 16.3. The Morgan fingerprint density at radius 2 is 1.94 bits per heavy atom. The highest BCUT2D eigenvalue weighted by Gasteiger charge is 2.39. The van der Waals surface area contributed by atoms with Crippen LogP contribution in [0.1, 0.15) is 38.2 Å². The lowest BCUT2D eigenvalue weighted by Crippen LogP contribution is -2.38. The third-order valence-corrected chi connectivity index (χ3v) is 3.59. The molecule has 0 unspecified atom stereocenters. The van der Waals surface area contributed by atoms with Gasteiger partial charge in [0.05, 0.1) is 11.5 Å². The second-order valence-corrected chi connectivity index (χ2v) is 4.78. The summed E-state index contributed by atoms with van der Waals surface area (Å²) in [5.74, 6) is -0.0243. The molecule has 0 bridgehead atoms. The molecule has 0 aromatic heterocycles. The second-order valence-electron chi connectivity index (χ2n) is 4.78. The molecule has 86 valence electrons. The van der Waals surface area contributed by atoms with Gasteiger partial charge in [-0.25, -0.2) is 0 Å². The van der Waals surface area contributed by atoms with Crippen molar-refractivity contribution in [2.75, 3.05) is 0 Å². The van der Waals surface area contributed by atoms with Crippen molar-refractivity contribution in [3.05, 3.63) is 35.9 Å². The van der Waals surface area contributed by atoms with Crippen molar-refractivity contribution in [3.63, 3.8) is 0 Å². The van der Waals surface area contributed by atoms with Crippen molar-refractivity contribution in [3.8, 4) is 0 Å². The topological polar surface area (TPSA) is 37.3 Å². The van der Waals surface area contributed by atoms with Crippen molar-refractivity contribution in [1.29, 1.82) is 0 Å². The van der Waals surface area contributed by atoms with Crippen LogP contribution in [0.5, 0.6) is 0 Å². The van der Waals surface area contributed by atoms with E-state index in [9.17, 15) is 9.90 Å². The Morgan fingerprint density at radius 1 is 1.25 bits per heavy atom. The number of ketones is 1. The first-order chi connectivity index (χ1) is 7.62. The first-order valence-corrected chi connectivity index (χ1v) is 5.93. The lowest BCUT2D eigenvalue weighted by molar-refractivity contribution is -0.134. The fraction of sp³-hybridized carbons (Fsp3) is 0.500. The monoisotopic (exact) mass is 218 g/mol. The average Bonchev–Trinajstić information content (AvgIpc) is 2.30. The lowest BCUT2D eigenvalue weighted by atomic mass is 9.74. The van der Waals surface area contributed by atoms with Gasteiger partial charge in [-0.2, -0.15) is 0 Å². The average molecular weight is 218 g/mol. The van der Waals surface area contributed by atoms with E-state index >= 15 is 0 Å². The maximum Gasteiger partial charge on any atom is 0.139 e. The van der Waals surface area contributed by atoms with Gasteiger partial charge in [0.25, 0.3) is 0 Å². The van der Waals surface area contributed by atoms with Gasteiger partial charge in [-0.05, 0) is 25.3 Å². The van der Waals surface area contributed by atoms with Crippen molar-refractivity contribution in [2.24, 2.45) is 5.92 Å². The van der Waals surface area contributed by atoms with Gasteiger partial charge in [0.1, 0.15) is 5.78 Å². The third-order valence-electron chi connectivity index (χ3n) is 3.59. The van der Waals surface area contributed by atoms with E-state index in [1.165, 1.54) is 0 Å². The predicted octanol–water partition coefficient (Wildman–Crippen LogP) is 2.65. The van der Waals surface area contributed by atoms with Crippen LogP contribution < -0.4 is 0 Å². The molecule has 0 radical (unpaired) electrons. The summed E-state index contributed by atoms with van der Waals surface area (Å²) in [4.78, 5) is 11.9. The molecule has 2 rings (SSSR count). The minimum Gasteiger partial charge on any atom is -0.385 e. The summed E-state index contributed by atoms with van der Waals surface area (Å²) in [7, 11) is 0. The molecule has 1 fully saturated rings. The highest BCUT2D eigenvalue weighted by Crippen LogP contribution is 2.36. The Labute approximate surface area is 96.3 Å². The zero-order valence-electron chi connectivity index (χ0n) is 9.65. The van der Waals surface area contributed by atoms with Crippen LogP contribution in [0.2, 0.25) is 0 Å². The van der Waals surface area contributed by atoms with E-state index in [0.717, 1.165) is 24.8 Å². The number of Topliss-reactive ketones (excluding diaryl/α,β-unsaturated/α-hetero) is 1. The Balaban J connectivity index is 2.27. The molecule has 1 aliphatic rings. The van der Waals surface area contributed by atoms with Gasteiger partial charge in [-0.3, -0.25) is 4.79 Å². The van der Waals surface area contributed by atoms with Crippen LogP contribution >= 0.6 is 0 Å². The molecule has 0 amide bonds. The highest BCUT2D eigenvalue weighted by molar-refractivity contribution is 5.83. The van der Waals surface area contributed by atoms with Gasteiger partial charge in [-0.15, -0.1) is 0 Å². The number of benzene rings is 1. The molecule has 16 heavy (non-hydrogen) atoms. The summed E-state index contributed by atoms with van der Waals surface area (Å²) in [5, 5.41) is 10.6. The Kier molecular flexibility index (Phi) is 3.10. The van der Waals surface area contributed by atoms with Crippen LogP contribution in [0.15, 0.2) is 30.3 Å². The molecule has 0 saturated heterocycles. The molecule has 2 heteroatoms. The molecule has 0 aliphatic heterocycles. The first-order valence-electron chi connectivity index (χ1n) is 5.93. The normalized spacial score (nSPS) is 25.1. The molecule has 2 atom stereocenters. The second kappa shape index (κ2) is 4.38. The van der Waals surface area contributed by atoms with Crippen LogP contribution in [0.4, 0.5) is 0 Å². The zero-order chi connectivity index (χ0) is 11.6. The molecule has 2 nitrogen and oxygen atoms in total. The summed E-state index contributed by atoms with van der Waals surface area (Å²) in [6.45, 7) is 1.76. The molecule has 1 aromatic carbocycles. The number of hydrogen-bond acceptors (Lipinski definition) is 2. The third kappa shape index (κ3) is 2.03. The molecular formula is C14H18O2. The number of hydrogen-bond donors (Lipinski definition) is 1. The molecular weight excluding hydrogens is 200 g/mol.